The molecule has 1 N–H and O–H groups in total. The van der Waals surface area contributed by atoms with Gasteiger partial charge in [-0.25, -0.2) is 0 Å². The standard InChI is InChI=1S/C18H15IN2O5S/c1-2-25-12-5-3-11(4-6-12)20-16(22)10-21-17(23)14(27-18(21)24)9-13-7-8-15(19)26-13/h3-9H,2,10H2,1H3,(H,20,22)/b14-9-. The molecule has 1 saturated heterocycles. The van der Waals surface area contributed by atoms with Crippen molar-refractivity contribution >= 4 is 63.2 Å². The second kappa shape index (κ2) is 8.61. The fourth-order valence-electron chi connectivity index (χ4n) is 2.32. The van der Waals surface area contributed by atoms with Crippen LogP contribution in [0.1, 0.15) is 12.7 Å². The Morgan fingerprint density at radius 2 is 2.00 bits per heavy atom. The molecule has 1 aliphatic rings. The molecule has 1 aliphatic heterocycles. The summed E-state index contributed by atoms with van der Waals surface area (Å²) in [6, 6.07) is 10.3. The lowest BCUT2D eigenvalue weighted by Crippen LogP contribution is -2.36. The van der Waals surface area contributed by atoms with Crippen LogP contribution in [0.3, 0.4) is 0 Å². The Bertz CT molecular complexity index is 907. The SMILES string of the molecule is CCOc1ccc(NC(=O)CN2C(=O)S/C(=C\c3ccc(I)o3)C2=O)cc1. The first-order valence-electron chi connectivity index (χ1n) is 7.99. The number of nitrogens with one attached hydrogen (secondary N) is 1. The van der Waals surface area contributed by atoms with Crippen LogP contribution in [0.25, 0.3) is 6.08 Å². The third-order valence-electron chi connectivity index (χ3n) is 3.49. The van der Waals surface area contributed by atoms with Gasteiger partial charge in [-0.05, 0) is 77.7 Å². The minimum Gasteiger partial charge on any atom is -0.494 e. The van der Waals surface area contributed by atoms with E-state index in [2.05, 4.69) is 5.32 Å². The van der Waals surface area contributed by atoms with Crippen LogP contribution < -0.4 is 10.1 Å². The van der Waals surface area contributed by atoms with E-state index < -0.39 is 17.1 Å². The first-order valence-corrected chi connectivity index (χ1v) is 9.89. The summed E-state index contributed by atoms with van der Waals surface area (Å²) in [5.74, 6) is 0.191. The normalized spacial score (nSPS) is 15.5. The highest BCUT2D eigenvalue weighted by atomic mass is 127. The Kier molecular flexibility index (Phi) is 6.22. The number of carbonyl (C=O) groups excluding carboxylic acids is 3. The fraction of sp³-hybridized carbons (Fsp3) is 0.167. The fourth-order valence-corrected chi connectivity index (χ4v) is 3.57. The maximum Gasteiger partial charge on any atom is 0.294 e. The van der Waals surface area contributed by atoms with Crippen LogP contribution in [0.15, 0.2) is 45.7 Å². The van der Waals surface area contributed by atoms with E-state index in [0.717, 1.165) is 16.7 Å². The van der Waals surface area contributed by atoms with Gasteiger partial charge in [0, 0.05) is 11.8 Å². The van der Waals surface area contributed by atoms with Crippen LogP contribution in [-0.2, 0) is 9.59 Å². The predicted octanol–water partition coefficient (Wildman–Crippen LogP) is 3.96. The van der Waals surface area contributed by atoms with Crippen molar-refractivity contribution in [3.05, 3.63) is 50.8 Å². The zero-order valence-corrected chi connectivity index (χ0v) is 17.2. The second-order valence-electron chi connectivity index (χ2n) is 5.42. The molecule has 3 amide bonds. The predicted molar refractivity (Wildman–Crippen MR) is 110 cm³/mol. The molecule has 1 aromatic heterocycles. The summed E-state index contributed by atoms with van der Waals surface area (Å²) in [5, 5.41) is 2.17. The van der Waals surface area contributed by atoms with E-state index >= 15 is 0 Å². The summed E-state index contributed by atoms with van der Waals surface area (Å²) in [4.78, 5) is 37.8. The zero-order valence-electron chi connectivity index (χ0n) is 14.2. The van der Waals surface area contributed by atoms with E-state index in [1.807, 2.05) is 29.5 Å². The maximum atomic E-state index is 12.4. The Labute approximate surface area is 173 Å². The minimum atomic E-state index is -0.516. The van der Waals surface area contributed by atoms with Gasteiger partial charge in [0.05, 0.1) is 11.5 Å². The van der Waals surface area contributed by atoms with Crippen LogP contribution in [0, 0.1) is 3.77 Å². The number of anilines is 1. The quantitative estimate of drug-likeness (QED) is 0.480. The van der Waals surface area contributed by atoms with Gasteiger partial charge in [-0.1, -0.05) is 0 Å². The topological polar surface area (TPSA) is 88.8 Å². The Hall–Kier alpha value is -2.27. The number of thioether (sulfide) groups is 1. The number of imide groups is 1. The van der Waals surface area contributed by atoms with Crippen molar-refractivity contribution < 1.29 is 23.5 Å². The molecule has 27 heavy (non-hydrogen) atoms. The van der Waals surface area contributed by atoms with Gasteiger partial charge >= 0.3 is 0 Å². The number of rotatable bonds is 6. The molecule has 0 saturated carbocycles. The minimum absolute atomic E-state index is 0.222. The molecule has 140 valence electrons. The van der Waals surface area contributed by atoms with Gasteiger partial charge in [-0.15, -0.1) is 0 Å². The summed E-state index contributed by atoms with van der Waals surface area (Å²) in [6.07, 6.45) is 1.50. The second-order valence-corrected chi connectivity index (χ2v) is 7.47. The number of halogens is 1. The van der Waals surface area contributed by atoms with Gasteiger partial charge in [0.2, 0.25) is 5.91 Å². The summed E-state index contributed by atoms with van der Waals surface area (Å²) >= 11 is 2.79. The third kappa shape index (κ3) is 4.92. The molecule has 9 heteroatoms. The Morgan fingerprint density at radius 3 is 2.63 bits per heavy atom. The molecule has 2 aromatic rings. The lowest BCUT2D eigenvalue weighted by Gasteiger charge is -2.12. The lowest BCUT2D eigenvalue weighted by molar-refractivity contribution is -0.127. The molecule has 1 fully saturated rings. The lowest BCUT2D eigenvalue weighted by atomic mass is 10.3. The molecule has 0 spiro atoms. The summed E-state index contributed by atoms with van der Waals surface area (Å²) in [5.41, 5.74) is 0.552. The number of hydrogen-bond acceptors (Lipinski definition) is 6. The zero-order chi connectivity index (χ0) is 19.4. The molecule has 0 atom stereocenters. The first-order chi connectivity index (χ1) is 13.0. The average Bonchev–Trinajstić information content (AvgIpc) is 3.15. The maximum absolute atomic E-state index is 12.4. The van der Waals surface area contributed by atoms with Crippen molar-refractivity contribution in [1.82, 2.24) is 4.90 Å². The molecule has 0 aliphatic carbocycles. The van der Waals surface area contributed by atoms with Gasteiger partial charge in [0.25, 0.3) is 11.1 Å². The van der Waals surface area contributed by atoms with Gasteiger partial charge < -0.3 is 14.5 Å². The molecular weight excluding hydrogens is 483 g/mol. The number of carbonyl (C=O) groups is 3. The van der Waals surface area contributed by atoms with Crippen molar-refractivity contribution in [1.29, 1.82) is 0 Å². The van der Waals surface area contributed by atoms with Crippen molar-refractivity contribution in [3.63, 3.8) is 0 Å². The first kappa shape index (κ1) is 19.5. The monoisotopic (exact) mass is 498 g/mol. The van der Waals surface area contributed by atoms with Crippen molar-refractivity contribution in [2.45, 2.75) is 6.92 Å². The number of amides is 3. The smallest absolute Gasteiger partial charge is 0.294 e. The van der Waals surface area contributed by atoms with E-state index in [0.29, 0.717) is 27.6 Å². The molecule has 3 rings (SSSR count). The molecular formula is C18H15IN2O5S. The average molecular weight is 498 g/mol. The summed E-state index contributed by atoms with van der Waals surface area (Å²) in [7, 11) is 0. The van der Waals surface area contributed by atoms with E-state index in [1.54, 1.807) is 36.4 Å². The van der Waals surface area contributed by atoms with Gasteiger partial charge in [-0.2, -0.15) is 0 Å². The molecule has 0 bridgehead atoms. The van der Waals surface area contributed by atoms with Gasteiger partial charge in [0.15, 0.2) is 3.77 Å². The number of furan rings is 1. The molecule has 7 nitrogen and oxygen atoms in total. The number of ether oxygens (including phenoxy) is 1. The largest absolute Gasteiger partial charge is 0.494 e. The van der Waals surface area contributed by atoms with E-state index in [9.17, 15) is 14.4 Å². The third-order valence-corrected chi connectivity index (χ3v) is 4.98. The number of benzene rings is 1. The Morgan fingerprint density at radius 1 is 1.26 bits per heavy atom. The summed E-state index contributed by atoms with van der Waals surface area (Å²) in [6.45, 7) is 2.08. The van der Waals surface area contributed by atoms with Crippen molar-refractivity contribution in [2.75, 3.05) is 18.5 Å². The highest BCUT2D eigenvalue weighted by Gasteiger charge is 2.36. The van der Waals surface area contributed by atoms with E-state index in [-0.39, 0.29) is 11.4 Å². The van der Waals surface area contributed by atoms with Crippen LogP contribution in [0.2, 0.25) is 0 Å². The molecule has 1 aromatic carbocycles. The molecule has 2 heterocycles. The molecule has 0 unspecified atom stereocenters. The highest BCUT2D eigenvalue weighted by Crippen LogP contribution is 2.32. The van der Waals surface area contributed by atoms with Crippen molar-refractivity contribution in [3.8, 4) is 5.75 Å². The van der Waals surface area contributed by atoms with Gasteiger partial charge in [-0.3, -0.25) is 19.3 Å². The van der Waals surface area contributed by atoms with Gasteiger partial charge in [0.1, 0.15) is 18.1 Å². The van der Waals surface area contributed by atoms with Crippen LogP contribution in [0.4, 0.5) is 10.5 Å². The Balaban J connectivity index is 1.62. The van der Waals surface area contributed by atoms with E-state index in [1.165, 1.54) is 6.08 Å². The highest BCUT2D eigenvalue weighted by molar-refractivity contribution is 14.1. The van der Waals surface area contributed by atoms with Crippen LogP contribution >= 0.6 is 34.4 Å². The van der Waals surface area contributed by atoms with Crippen molar-refractivity contribution in [2.24, 2.45) is 0 Å². The molecule has 0 radical (unpaired) electrons. The van der Waals surface area contributed by atoms with Crippen LogP contribution in [0.5, 0.6) is 5.75 Å². The van der Waals surface area contributed by atoms with Crippen LogP contribution in [-0.4, -0.2) is 35.1 Å². The number of nitrogens with zero attached hydrogens (tertiary/aromatic N) is 1. The number of hydrogen-bond donors (Lipinski definition) is 1. The van der Waals surface area contributed by atoms with E-state index in [4.69, 9.17) is 9.15 Å². The summed E-state index contributed by atoms with van der Waals surface area (Å²) < 4.78 is 11.4.